The number of aromatic nitrogens is 1. The second-order valence-electron chi connectivity index (χ2n) is 7.03. The lowest BCUT2D eigenvalue weighted by Gasteiger charge is -2.33. The standard InChI is InChI=1S/C23H24N2O/c1-7-16-18(13-24-9-3)19(8-2)23(5,6)22-21(16)17-11-10-15(14(4)26)12-20(17)25-22/h8,10-13,25H,1-2,9H2,3-6H3. The summed E-state index contributed by atoms with van der Waals surface area (Å²) >= 11 is 0. The van der Waals surface area contributed by atoms with Gasteiger partial charge in [-0.05, 0) is 25.5 Å². The van der Waals surface area contributed by atoms with Gasteiger partial charge in [-0.15, -0.1) is 5.73 Å². The highest BCUT2D eigenvalue weighted by atomic mass is 16.1. The highest BCUT2D eigenvalue weighted by Gasteiger charge is 2.37. The number of hydrogen-bond donors (Lipinski definition) is 1. The van der Waals surface area contributed by atoms with Crippen molar-refractivity contribution >= 4 is 28.5 Å². The number of nitrogens with zero attached hydrogens (tertiary/aromatic N) is 1. The predicted molar refractivity (Wildman–Crippen MR) is 110 cm³/mol. The van der Waals surface area contributed by atoms with E-state index in [4.69, 9.17) is 0 Å². The minimum atomic E-state index is -0.276. The molecule has 26 heavy (non-hydrogen) atoms. The molecule has 0 bridgehead atoms. The molecule has 0 aliphatic heterocycles. The first-order valence-corrected chi connectivity index (χ1v) is 8.81. The van der Waals surface area contributed by atoms with Gasteiger partial charge in [0.15, 0.2) is 5.78 Å². The van der Waals surface area contributed by atoms with Crippen LogP contribution >= 0.6 is 0 Å². The second kappa shape index (κ2) is 6.44. The Morgan fingerprint density at radius 3 is 2.69 bits per heavy atom. The van der Waals surface area contributed by atoms with Gasteiger partial charge in [-0.25, -0.2) is 0 Å². The normalized spacial score (nSPS) is 16.1. The number of ketones is 1. The summed E-state index contributed by atoms with van der Waals surface area (Å²) in [7, 11) is 0. The van der Waals surface area contributed by atoms with E-state index in [0.29, 0.717) is 12.1 Å². The molecule has 1 aliphatic carbocycles. The Labute approximate surface area is 154 Å². The summed E-state index contributed by atoms with van der Waals surface area (Å²) in [6.45, 7) is 16.6. The van der Waals surface area contributed by atoms with Crippen LogP contribution in [-0.2, 0) is 5.41 Å². The molecule has 0 radical (unpaired) electrons. The van der Waals surface area contributed by atoms with Crippen LogP contribution in [0.25, 0.3) is 16.5 Å². The molecule has 2 aromatic rings. The molecular weight excluding hydrogens is 320 g/mol. The fraction of sp³-hybridized carbons (Fsp3) is 0.261. The lowest BCUT2D eigenvalue weighted by Crippen LogP contribution is -2.27. The molecule has 3 heteroatoms. The average molecular weight is 344 g/mol. The van der Waals surface area contributed by atoms with E-state index in [9.17, 15) is 4.79 Å². The number of aromatic amines is 1. The number of allylic oxidation sites excluding steroid dienone is 4. The maximum atomic E-state index is 11.8. The maximum absolute atomic E-state index is 11.8. The minimum absolute atomic E-state index is 0.0545. The molecule has 132 valence electrons. The first-order chi connectivity index (χ1) is 12.4. The van der Waals surface area contributed by atoms with Crippen LogP contribution in [0.2, 0.25) is 0 Å². The summed E-state index contributed by atoms with van der Waals surface area (Å²) in [5, 5.41) is 1.06. The number of fused-ring (bicyclic) bond motifs is 3. The monoisotopic (exact) mass is 344 g/mol. The Balaban J connectivity index is 2.40. The van der Waals surface area contributed by atoms with Crippen molar-refractivity contribution in [3.8, 4) is 0 Å². The van der Waals surface area contributed by atoms with Crippen LogP contribution in [0.5, 0.6) is 0 Å². The van der Waals surface area contributed by atoms with Gasteiger partial charge in [0.1, 0.15) is 0 Å². The Hall–Kier alpha value is -2.90. The summed E-state index contributed by atoms with van der Waals surface area (Å²) in [6, 6.07) is 5.79. The summed E-state index contributed by atoms with van der Waals surface area (Å²) < 4.78 is 0. The van der Waals surface area contributed by atoms with Gasteiger partial charge in [0.2, 0.25) is 0 Å². The van der Waals surface area contributed by atoms with E-state index in [1.54, 1.807) is 6.92 Å². The summed E-state index contributed by atoms with van der Waals surface area (Å²) in [6.07, 6.45) is 3.79. The number of benzene rings is 1. The van der Waals surface area contributed by atoms with Gasteiger partial charge >= 0.3 is 0 Å². The quantitative estimate of drug-likeness (QED) is 0.450. The third kappa shape index (κ3) is 2.53. The van der Waals surface area contributed by atoms with Crippen LogP contribution in [-0.4, -0.2) is 23.5 Å². The zero-order valence-electron chi connectivity index (χ0n) is 15.9. The second-order valence-corrected chi connectivity index (χ2v) is 7.03. The third-order valence-electron chi connectivity index (χ3n) is 5.10. The van der Waals surface area contributed by atoms with Gasteiger partial charge in [-0.1, -0.05) is 45.2 Å². The summed E-state index contributed by atoms with van der Waals surface area (Å²) in [5.74, 6) is 0.0545. The molecule has 1 N–H and O–H groups in total. The van der Waals surface area contributed by atoms with Crippen LogP contribution in [0, 0.1) is 0 Å². The molecule has 3 nitrogen and oxygen atoms in total. The van der Waals surface area contributed by atoms with Crippen LogP contribution in [0.3, 0.4) is 0 Å². The first-order valence-electron chi connectivity index (χ1n) is 8.81. The highest BCUT2D eigenvalue weighted by Crippen LogP contribution is 2.48. The number of aliphatic imine (C=N–C) groups is 1. The van der Waals surface area contributed by atoms with Gasteiger partial charge in [0, 0.05) is 57.0 Å². The lowest BCUT2D eigenvalue weighted by atomic mass is 9.70. The van der Waals surface area contributed by atoms with Gasteiger partial charge in [-0.2, -0.15) is 0 Å². The number of nitrogens with one attached hydrogen (secondary N) is 1. The van der Waals surface area contributed by atoms with Crippen LogP contribution < -0.4 is 0 Å². The van der Waals surface area contributed by atoms with E-state index in [2.05, 4.69) is 42.7 Å². The van der Waals surface area contributed by atoms with Crippen LogP contribution in [0.1, 0.15) is 49.3 Å². The topological polar surface area (TPSA) is 45.2 Å². The molecule has 3 rings (SSSR count). The Morgan fingerprint density at radius 2 is 2.12 bits per heavy atom. The van der Waals surface area contributed by atoms with Crippen molar-refractivity contribution in [2.45, 2.75) is 33.1 Å². The summed E-state index contributed by atoms with van der Waals surface area (Å²) in [5.41, 5.74) is 9.67. The zero-order chi connectivity index (χ0) is 19.1. The van der Waals surface area contributed by atoms with Crippen molar-refractivity contribution < 1.29 is 4.79 Å². The number of carbonyl (C=O) groups excluding carboxylic acids is 1. The van der Waals surface area contributed by atoms with Crippen LogP contribution in [0.15, 0.2) is 59.3 Å². The van der Waals surface area contributed by atoms with Crippen molar-refractivity contribution in [2.75, 3.05) is 6.54 Å². The molecule has 0 amide bonds. The molecule has 0 fully saturated rings. The number of rotatable bonds is 4. The van der Waals surface area contributed by atoms with Gasteiger partial charge < -0.3 is 4.98 Å². The first kappa shape index (κ1) is 17.9. The molecule has 1 aromatic carbocycles. The van der Waals surface area contributed by atoms with E-state index in [0.717, 1.165) is 38.9 Å². The van der Waals surface area contributed by atoms with Gasteiger partial charge in [-0.3, -0.25) is 9.79 Å². The number of carbonyl (C=O) groups is 1. The number of H-pyrrole nitrogens is 1. The molecule has 0 saturated carbocycles. The molecular formula is C23H24N2O. The third-order valence-corrected chi connectivity index (χ3v) is 5.10. The smallest absolute Gasteiger partial charge is 0.159 e. The van der Waals surface area contributed by atoms with E-state index in [1.807, 2.05) is 37.4 Å². The summed E-state index contributed by atoms with van der Waals surface area (Å²) in [4.78, 5) is 19.8. The van der Waals surface area contributed by atoms with E-state index in [1.165, 1.54) is 0 Å². The fourth-order valence-electron chi connectivity index (χ4n) is 3.75. The Kier molecular flexibility index (Phi) is 4.43. The van der Waals surface area contributed by atoms with Crippen molar-refractivity contribution in [1.29, 1.82) is 0 Å². The van der Waals surface area contributed by atoms with Crippen LogP contribution in [0.4, 0.5) is 0 Å². The fourth-order valence-corrected chi connectivity index (χ4v) is 3.75. The number of Topliss-reactive ketones (excluding diaryl/α,β-unsaturated/α-hetero) is 1. The molecule has 1 aromatic heterocycles. The molecule has 0 saturated heterocycles. The largest absolute Gasteiger partial charge is 0.357 e. The highest BCUT2D eigenvalue weighted by molar-refractivity contribution is 6.11. The Morgan fingerprint density at radius 1 is 1.38 bits per heavy atom. The van der Waals surface area contributed by atoms with Crippen molar-refractivity contribution in [3.05, 3.63) is 71.1 Å². The average Bonchev–Trinajstić information content (AvgIpc) is 2.99. The van der Waals surface area contributed by atoms with E-state index >= 15 is 0 Å². The zero-order valence-corrected chi connectivity index (χ0v) is 15.9. The molecule has 0 atom stereocenters. The number of hydrogen-bond acceptors (Lipinski definition) is 2. The van der Waals surface area contributed by atoms with Crippen molar-refractivity contribution in [1.82, 2.24) is 4.98 Å². The van der Waals surface area contributed by atoms with E-state index in [-0.39, 0.29) is 11.2 Å². The molecule has 1 heterocycles. The molecule has 1 aliphatic rings. The molecule has 0 spiro atoms. The maximum Gasteiger partial charge on any atom is 0.159 e. The minimum Gasteiger partial charge on any atom is -0.357 e. The van der Waals surface area contributed by atoms with Crippen molar-refractivity contribution in [2.24, 2.45) is 4.99 Å². The van der Waals surface area contributed by atoms with Crippen molar-refractivity contribution in [3.63, 3.8) is 0 Å². The van der Waals surface area contributed by atoms with Gasteiger partial charge in [0.05, 0.1) is 0 Å². The predicted octanol–water partition coefficient (Wildman–Crippen LogP) is 5.40. The Bertz CT molecular complexity index is 1040. The SMILES string of the molecule is C=C=C1C(C=NCC)=C(C=C)C(C)(C)c2[nH]c3cc(C(C)=O)ccc3c21. The lowest BCUT2D eigenvalue weighted by molar-refractivity contribution is 0.101. The van der Waals surface area contributed by atoms with E-state index < -0.39 is 0 Å². The molecule has 0 unspecified atom stereocenters. The van der Waals surface area contributed by atoms with Gasteiger partial charge in [0.25, 0.3) is 0 Å².